The minimum absolute atomic E-state index is 0.0767. The van der Waals surface area contributed by atoms with Gasteiger partial charge in [0.05, 0.1) is 4.88 Å². The van der Waals surface area contributed by atoms with E-state index in [1.54, 1.807) is 12.1 Å². The second-order valence-corrected chi connectivity index (χ2v) is 8.11. The normalized spacial score (nSPS) is 14.2. The van der Waals surface area contributed by atoms with Crippen LogP contribution in [0.1, 0.15) is 44.9 Å². The van der Waals surface area contributed by atoms with Gasteiger partial charge in [0.15, 0.2) is 0 Å². The van der Waals surface area contributed by atoms with Crippen LogP contribution < -0.4 is 5.32 Å². The molecule has 144 valence electrons. The molecule has 4 rings (SSSR count). The summed E-state index contributed by atoms with van der Waals surface area (Å²) in [6.45, 7) is 2.03. The lowest BCUT2D eigenvalue weighted by Gasteiger charge is -2.26. The van der Waals surface area contributed by atoms with Crippen molar-refractivity contribution in [2.24, 2.45) is 0 Å². The maximum atomic E-state index is 13.3. The molecule has 1 fully saturated rings. The van der Waals surface area contributed by atoms with Gasteiger partial charge in [-0.2, -0.15) is 0 Å². The van der Waals surface area contributed by atoms with Gasteiger partial charge in [0.2, 0.25) is 0 Å². The van der Waals surface area contributed by atoms with Gasteiger partial charge in [-0.15, -0.1) is 11.3 Å². The predicted octanol–water partition coefficient (Wildman–Crippen LogP) is 4.60. The number of carbonyl (C=O) groups is 2. The Hall–Kier alpha value is -2.73. The van der Waals surface area contributed by atoms with Gasteiger partial charge in [0.1, 0.15) is 5.82 Å². The molecule has 1 N–H and O–H groups in total. The Morgan fingerprint density at radius 2 is 1.75 bits per heavy atom. The van der Waals surface area contributed by atoms with E-state index in [4.69, 9.17) is 0 Å². The van der Waals surface area contributed by atoms with Crippen molar-refractivity contribution >= 4 is 33.2 Å². The molecule has 1 saturated heterocycles. The summed E-state index contributed by atoms with van der Waals surface area (Å²) in [6.07, 6.45) is 3.33. The van der Waals surface area contributed by atoms with E-state index in [0.717, 1.165) is 41.6 Å². The Balaban J connectivity index is 1.37. The average molecular weight is 396 g/mol. The molecule has 0 spiro atoms. The summed E-state index contributed by atoms with van der Waals surface area (Å²) < 4.78 is 14.2. The summed E-state index contributed by atoms with van der Waals surface area (Å²) in [5, 5.41) is 3.62. The fourth-order valence-corrected chi connectivity index (χ4v) is 4.40. The molecule has 1 aliphatic heterocycles. The molecule has 0 unspecified atom stereocenters. The van der Waals surface area contributed by atoms with Crippen molar-refractivity contribution in [1.82, 2.24) is 10.2 Å². The number of nitrogens with one attached hydrogen (secondary N) is 1. The molecule has 4 nitrogen and oxygen atoms in total. The first-order chi connectivity index (χ1) is 13.6. The number of likely N-dealkylation sites (tertiary alicyclic amines) is 1. The zero-order chi connectivity index (χ0) is 19.5. The zero-order valence-corrected chi connectivity index (χ0v) is 16.2. The van der Waals surface area contributed by atoms with E-state index in [-0.39, 0.29) is 17.6 Å². The molecule has 0 atom stereocenters. The highest BCUT2D eigenvalue weighted by atomic mass is 32.1. The van der Waals surface area contributed by atoms with Crippen molar-refractivity contribution in [1.29, 1.82) is 0 Å². The van der Waals surface area contributed by atoms with Crippen LogP contribution in [0.25, 0.3) is 10.1 Å². The molecule has 6 heteroatoms. The van der Waals surface area contributed by atoms with Crippen molar-refractivity contribution in [3.63, 3.8) is 0 Å². The zero-order valence-electron chi connectivity index (χ0n) is 15.4. The summed E-state index contributed by atoms with van der Waals surface area (Å²) in [4.78, 5) is 27.4. The SMILES string of the molecule is O=C(NCc1ccc(C(=O)N2CCCCC2)cc1)c1cc2cc(F)ccc2s1. The topological polar surface area (TPSA) is 49.4 Å². The molecule has 2 heterocycles. The lowest BCUT2D eigenvalue weighted by molar-refractivity contribution is 0.0724. The van der Waals surface area contributed by atoms with Crippen LogP contribution >= 0.6 is 11.3 Å². The van der Waals surface area contributed by atoms with Crippen LogP contribution in [0, 0.1) is 5.82 Å². The van der Waals surface area contributed by atoms with Gasteiger partial charge in [0, 0.05) is 29.9 Å². The molecule has 2 amide bonds. The van der Waals surface area contributed by atoms with Crippen LogP contribution in [0.3, 0.4) is 0 Å². The third-order valence-corrected chi connectivity index (χ3v) is 6.11. The summed E-state index contributed by atoms with van der Waals surface area (Å²) >= 11 is 1.34. The summed E-state index contributed by atoms with van der Waals surface area (Å²) in [6, 6.07) is 13.6. The molecule has 3 aromatic rings. The predicted molar refractivity (Wildman–Crippen MR) is 109 cm³/mol. The molecule has 28 heavy (non-hydrogen) atoms. The number of rotatable bonds is 4. The van der Waals surface area contributed by atoms with Gasteiger partial charge in [-0.05, 0) is 66.6 Å². The van der Waals surface area contributed by atoms with Gasteiger partial charge >= 0.3 is 0 Å². The van der Waals surface area contributed by atoms with E-state index in [1.165, 1.54) is 29.9 Å². The number of hydrogen-bond acceptors (Lipinski definition) is 3. The van der Waals surface area contributed by atoms with Crippen molar-refractivity contribution in [3.8, 4) is 0 Å². The largest absolute Gasteiger partial charge is 0.347 e. The minimum atomic E-state index is -0.309. The third kappa shape index (κ3) is 4.07. The Labute approximate surface area is 167 Å². The molecule has 0 radical (unpaired) electrons. The maximum Gasteiger partial charge on any atom is 0.261 e. The second kappa shape index (κ2) is 8.10. The van der Waals surface area contributed by atoms with Crippen molar-refractivity contribution in [2.75, 3.05) is 13.1 Å². The quantitative estimate of drug-likeness (QED) is 0.701. The van der Waals surface area contributed by atoms with E-state index in [9.17, 15) is 14.0 Å². The lowest BCUT2D eigenvalue weighted by Crippen LogP contribution is -2.35. The highest BCUT2D eigenvalue weighted by Gasteiger charge is 2.18. The van der Waals surface area contributed by atoms with Gasteiger partial charge in [0.25, 0.3) is 11.8 Å². The number of hydrogen-bond donors (Lipinski definition) is 1. The Kier molecular flexibility index (Phi) is 5.39. The van der Waals surface area contributed by atoms with Crippen LogP contribution in [0.5, 0.6) is 0 Å². The van der Waals surface area contributed by atoms with Gasteiger partial charge < -0.3 is 10.2 Å². The monoisotopic (exact) mass is 396 g/mol. The number of amides is 2. The summed E-state index contributed by atoms with van der Waals surface area (Å²) in [5.74, 6) is -0.417. The van der Waals surface area contributed by atoms with Gasteiger partial charge in [-0.1, -0.05) is 12.1 Å². The number of halogens is 1. The van der Waals surface area contributed by atoms with Crippen LogP contribution in [-0.2, 0) is 6.54 Å². The summed E-state index contributed by atoms with van der Waals surface area (Å²) in [5.41, 5.74) is 1.61. The fraction of sp³-hybridized carbons (Fsp3) is 0.273. The van der Waals surface area contributed by atoms with E-state index in [1.807, 2.05) is 29.2 Å². The lowest BCUT2D eigenvalue weighted by atomic mass is 10.1. The maximum absolute atomic E-state index is 13.3. The van der Waals surface area contributed by atoms with E-state index in [0.29, 0.717) is 17.0 Å². The van der Waals surface area contributed by atoms with E-state index < -0.39 is 0 Å². The smallest absolute Gasteiger partial charge is 0.261 e. The third-order valence-electron chi connectivity index (χ3n) is 5.00. The number of carbonyl (C=O) groups excluding carboxylic acids is 2. The molecule has 0 aliphatic carbocycles. The van der Waals surface area contributed by atoms with Crippen molar-refractivity contribution in [3.05, 3.63) is 70.4 Å². The molecular weight excluding hydrogens is 375 g/mol. The first-order valence-electron chi connectivity index (χ1n) is 9.46. The number of nitrogens with zero attached hydrogens (tertiary/aromatic N) is 1. The Morgan fingerprint density at radius 1 is 1.00 bits per heavy atom. The van der Waals surface area contributed by atoms with E-state index in [2.05, 4.69) is 5.32 Å². The van der Waals surface area contributed by atoms with Crippen LogP contribution in [0.2, 0.25) is 0 Å². The van der Waals surface area contributed by atoms with Crippen molar-refractivity contribution < 1.29 is 14.0 Å². The summed E-state index contributed by atoms with van der Waals surface area (Å²) in [7, 11) is 0. The first kappa shape index (κ1) is 18.6. The number of piperidine rings is 1. The molecule has 0 saturated carbocycles. The van der Waals surface area contributed by atoms with Crippen LogP contribution in [0.15, 0.2) is 48.5 Å². The fourth-order valence-electron chi connectivity index (χ4n) is 3.44. The van der Waals surface area contributed by atoms with Crippen LogP contribution in [-0.4, -0.2) is 29.8 Å². The van der Waals surface area contributed by atoms with Crippen molar-refractivity contribution in [2.45, 2.75) is 25.8 Å². The Morgan fingerprint density at radius 3 is 2.50 bits per heavy atom. The highest BCUT2D eigenvalue weighted by Crippen LogP contribution is 2.26. The molecule has 1 aliphatic rings. The Bertz CT molecular complexity index is 1010. The van der Waals surface area contributed by atoms with Crippen LogP contribution in [0.4, 0.5) is 4.39 Å². The number of benzene rings is 2. The first-order valence-corrected chi connectivity index (χ1v) is 10.3. The molecular formula is C22H21FN2O2S. The minimum Gasteiger partial charge on any atom is -0.347 e. The number of thiophene rings is 1. The second-order valence-electron chi connectivity index (χ2n) is 7.03. The molecule has 2 aromatic carbocycles. The molecule has 1 aromatic heterocycles. The standard InChI is InChI=1S/C22H21FN2O2S/c23-18-8-9-19-17(12-18)13-20(28-19)21(26)24-14-15-4-6-16(7-5-15)22(27)25-10-2-1-3-11-25/h4-9,12-13H,1-3,10-11,14H2,(H,24,26). The average Bonchev–Trinajstić information content (AvgIpc) is 3.16. The van der Waals surface area contributed by atoms with Gasteiger partial charge in [-0.25, -0.2) is 4.39 Å². The molecule has 0 bridgehead atoms. The van der Waals surface area contributed by atoms with Gasteiger partial charge in [-0.3, -0.25) is 9.59 Å². The highest BCUT2D eigenvalue weighted by molar-refractivity contribution is 7.20. The van der Waals surface area contributed by atoms with E-state index >= 15 is 0 Å². The number of fused-ring (bicyclic) bond motifs is 1.